The number of hydrogen-bond donors (Lipinski definition) is 1. The van der Waals surface area contributed by atoms with E-state index in [-0.39, 0.29) is 5.54 Å². The predicted molar refractivity (Wildman–Crippen MR) is 63.3 cm³/mol. The third kappa shape index (κ3) is 2.80. The van der Waals surface area contributed by atoms with Gasteiger partial charge in [-0.05, 0) is 39.2 Å². The van der Waals surface area contributed by atoms with Gasteiger partial charge in [0.2, 0.25) is 0 Å². The molecule has 2 nitrogen and oxygen atoms in total. The van der Waals surface area contributed by atoms with Crippen molar-refractivity contribution in [3.8, 4) is 0 Å². The highest BCUT2D eigenvalue weighted by Gasteiger charge is 2.40. The molecule has 15 heavy (non-hydrogen) atoms. The van der Waals surface area contributed by atoms with Gasteiger partial charge in [0.25, 0.3) is 0 Å². The van der Waals surface area contributed by atoms with Gasteiger partial charge >= 0.3 is 0 Å². The number of nitrogens with one attached hydrogen (secondary N) is 1. The Kier molecular flexibility index (Phi) is 2.81. The third-order valence-corrected chi connectivity index (χ3v) is 2.80. The van der Waals surface area contributed by atoms with Crippen LogP contribution in [-0.4, -0.2) is 16.7 Å². The summed E-state index contributed by atoms with van der Waals surface area (Å²) in [5, 5.41) is 2.33. The van der Waals surface area contributed by atoms with Crippen LogP contribution in [0.15, 0.2) is 30.3 Å². The number of hydrazine groups is 1. The molecule has 0 bridgehead atoms. The van der Waals surface area contributed by atoms with Gasteiger partial charge in [0.15, 0.2) is 0 Å². The van der Waals surface area contributed by atoms with E-state index in [0.29, 0.717) is 6.17 Å². The third-order valence-electron chi connectivity index (χ3n) is 2.80. The molecule has 82 valence electrons. The lowest BCUT2D eigenvalue weighted by molar-refractivity contribution is 0.264. The fourth-order valence-electron chi connectivity index (χ4n) is 1.93. The normalized spacial score (nSPS) is 25.3. The van der Waals surface area contributed by atoms with E-state index in [9.17, 15) is 0 Å². The Morgan fingerprint density at radius 2 is 1.87 bits per heavy atom. The molecule has 0 amide bonds. The minimum absolute atomic E-state index is 0.251. The highest BCUT2D eigenvalue weighted by molar-refractivity contribution is 5.15. The summed E-state index contributed by atoms with van der Waals surface area (Å²) < 4.78 is 0. The zero-order valence-corrected chi connectivity index (χ0v) is 9.83. The van der Waals surface area contributed by atoms with Crippen LogP contribution in [0, 0.1) is 0 Å². The SMILES string of the molecule is CC(C)(C)N1NC1CCc1ccccc1. The Labute approximate surface area is 92.3 Å². The van der Waals surface area contributed by atoms with Crippen LogP contribution in [0.4, 0.5) is 0 Å². The van der Waals surface area contributed by atoms with E-state index in [1.807, 2.05) is 0 Å². The van der Waals surface area contributed by atoms with Gasteiger partial charge in [0, 0.05) is 5.54 Å². The van der Waals surface area contributed by atoms with E-state index in [0.717, 1.165) is 6.42 Å². The van der Waals surface area contributed by atoms with Gasteiger partial charge in [0.05, 0.1) is 6.17 Å². The van der Waals surface area contributed by atoms with Crippen molar-refractivity contribution >= 4 is 0 Å². The molecule has 1 aromatic rings. The molecule has 2 rings (SSSR count). The largest absolute Gasteiger partial charge is 0.235 e. The minimum Gasteiger partial charge on any atom is -0.235 e. The number of benzene rings is 1. The second-order valence-corrected chi connectivity index (χ2v) is 5.21. The summed E-state index contributed by atoms with van der Waals surface area (Å²) in [6, 6.07) is 10.7. The van der Waals surface area contributed by atoms with Crippen molar-refractivity contribution in [3.05, 3.63) is 35.9 Å². The Hall–Kier alpha value is -0.860. The van der Waals surface area contributed by atoms with Gasteiger partial charge in [0.1, 0.15) is 0 Å². The van der Waals surface area contributed by atoms with Crippen molar-refractivity contribution < 1.29 is 0 Å². The second-order valence-electron chi connectivity index (χ2n) is 5.21. The fourth-order valence-corrected chi connectivity index (χ4v) is 1.93. The lowest BCUT2D eigenvalue weighted by Crippen LogP contribution is -2.28. The van der Waals surface area contributed by atoms with E-state index >= 15 is 0 Å². The maximum absolute atomic E-state index is 3.41. The molecule has 1 heterocycles. The maximum Gasteiger partial charge on any atom is 0.0873 e. The van der Waals surface area contributed by atoms with Crippen LogP contribution in [0.5, 0.6) is 0 Å². The highest BCUT2D eigenvalue weighted by Crippen LogP contribution is 2.26. The molecule has 0 aromatic heterocycles. The molecule has 1 aromatic carbocycles. The zero-order chi connectivity index (χ0) is 10.9. The zero-order valence-electron chi connectivity index (χ0n) is 9.83. The molecule has 1 fully saturated rings. The topological polar surface area (TPSA) is 25.0 Å². The summed E-state index contributed by atoms with van der Waals surface area (Å²) in [5.41, 5.74) is 5.09. The molecule has 2 unspecified atom stereocenters. The van der Waals surface area contributed by atoms with E-state index in [1.165, 1.54) is 12.0 Å². The van der Waals surface area contributed by atoms with Crippen LogP contribution in [0.25, 0.3) is 0 Å². The molecule has 2 heteroatoms. The van der Waals surface area contributed by atoms with Crippen molar-refractivity contribution in [2.24, 2.45) is 0 Å². The molecule has 0 aliphatic carbocycles. The lowest BCUT2D eigenvalue weighted by atomic mass is 10.1. The number of aryl methyl sites for hydroxylation is 1. The van der Waals surface area contributed by atoms with Gasteiger partial charge in [-0.1, -0.05) is 30.3 Å². The monoisotopic (exact) mass is 204 g/mol. The Bertz CT molecular complexity index is 313. The first-order chi connectivity index (χ1) is 7.07. The second kappa shape index (κ2) is 3.95. The first-order valence-corrected chi connectivity index (χ1v) is 5.67. The minimum atomic E-state index is 0.251. The highest BCUT2D eigenvalue weighted by atomic mass is 15.8. The molecule has 1 saturated heterocycles. The van der Waals surface area contributed by atoms with E-state index in [4.69, 9.17) is 0 Å². The van der Waals surface area contributed by atoms with Crippen LogP contribution in [0.2, 0.25) is 0 Å². The van der Waals surface area contributed by atoms with Gasteiger partial charge in [-0.3, -0.25) is 0 Å². The first kappa shape index (κ1) is 10.7. The molecule has 1 aliphatic rings. The average Bonchev–Trinajstić information content (AvgIpc) is 2.95. The Morgan fingerprint density at radius 1 is 1.20 bits per heavy atom. The molecular weight excluding hydrogens is 184 g/mol. The first-order valence-electron chi connectivity index (χ1n) is 5.67. The smallest absolute Gasteiger partial charge is 0.0873 e. The molecule has 0 radical (unpaired) electrons. The Morgan fingerprint density at radius 3 is 2.40 bits per heavy atom. The summed E-state index contributed by atoms with van der Waals surface area (Å²) >= 11 is 0. The fraction of sp³-hybridized carbons (Fsp3) is 0.538. The quantitative estimate of drug-likeness (QED) is 0.765. The van der Waals surface area contributed by atoms with Gasteiger partial charge in [-0.25, -0.2) is 10.4 Å². The van der Waals surface area contributed by atoms with Crippen LogP contribution in [-0.2, 0) is 6.42 Å². The number of hydrogen-bond acceptors (Lipinski definition) is 2. The molecular formula is C13H20N2. The van der Waals surface area contributed by atoms with Crippen molar-refractivity contribution in [1.82, 2.24) is 10.4 Å². The van der Waals surface area contributed by atoms with Crippen molar-refractivity contribution in [2.45, 2.75) is 45.3 Å². The maximum atomic E-state index is 3.41. The molecule has 0 saturated carbocycles. The molecule has 2 atom stereocenters. The van der Waals surface area contributed by atoms with Crippen molar-refractivity contribution in [1.29, 1.82) is 0 Å². The summed E-state index contributed by atoms with van der Waals surface area (Å²) in [4.78, 5) is 0. The van der Waals surface area contributed by atoms with Crippen LogP contribution >= 0.6 is 0 Å². The number of nitrogens with zero attached hydrogens (tertiary/aromatic N) is 1. The van der Waals surface area contributed by atoms with Crippen molar-refractivity contribution in [2.75, 3.05) is 0 Å². The van der Waals surface area contributed by atoms with Gasteiger partial charge in [-0.2, -0.15) is 0 Å². The Balaban J connectivity index is 1.78. The lowest BCUT2D eigenvalue weighted by Gasteiger charge is -2.18. The summed E-state index contributed by atoms with van der Waals surface area (Å²) in [7, 11) is 0. The summed E-state index contributed by atoms with van der Waals surface area (Å²) in [6.45, 7) is 6.72. The van der Waals surface area contributed by atoms with Gasteiger partial charge in [-0.15, -0.1) is 0 Å². The van der Waals surface area contributed by atoms with Crippen LogP contribution < -0.4 is 5.43 Å². The van der Waals surface area contributed by atoms with E-state index in [2.05, 4.69) is 61.5 Å². The van der Waals surface area contributed by atoms with Crippen molar-refractivity contribution in [3.63, 3.8) is 0 Å². The summed E-state index contributed by atoms with van der Waals surface area (Å²) in [5.74, 6) is 0. The van der Waals surface area contributed by atoms with E-state index in [1.54, 1.807) is 0 Å². The van der Waals surface area contributed by atoms with Gasteiger partial charge < -0.3 is 0 Å². The standard InChI is InChI=1S/C13H20N2/c1-13(2,3)15-12(14-15)10-9-11-7-5-4-6-8-11/h4-8,12,14H,9-10H2,1-3H3. The van der Waals surface area contributed by atoms with Crippen LogP contribution in [0.1, 0.15) is 32.8 Å². The van der Waals surface area contributed by atoms with E-state index < -0.39 is 0 Å². The average molecular weight is 204 g/mol. The molecule has 0 spiro atoms. The molecule has 1 aliphatic heterocycles. The summed E-state index contributed by atoms with van der Waals surface area (Å²) in [6.07, 6.45) is 2.93. The van der Waals surface area contributed by atoms with Crippen LogP contribution in [0.3, 0.4) is 0 Å². The number of rotatable bonds is 3. The predicted octanol–water partition coefficient (Wildman–Crippen LogP) is 2.56. The molecule has 1 N–H and O–H groups in total.